The fourth-order valence-electron chi connectivity index (χ4n) is 7.92. The maximum Gasteiger partial charge on any atom is 0.0782 e. The quantitative estimate of drug-likeness (QED) is 0.179. The second kappa shape index (κ2) is 10.8. The van der Waals surface area contributed by atoms with Gasteiger partial charge in [-0.15, -0.1) is 0 Å². The van der Waals surface area contributed by atoms with Gasteiger partial charge >= 0.3 is 0 Å². The Morgan fingerprint density at radius 2 is 0.882 bits per heavy atom. The zero-order valence-corrected chi connectivity index (χ0v) is 27.0. The van der Waals surface area contributed by atoms with E-state index in [-0.39, 0.29) is 22.9 Å². The van der Waals surface area contributed by atoms with Gasteiger partial charge < -0.3 is 13.7 Å². The third-order valence-electron chi connectivity index (χ3n) is 10.00. The van der Waals surface area contributed by atoms with Crippen molar-refractivity contribution in [1.82, 2.24) is 13.7 Å². The minimum absolute atomic E-state index is 0.0330. The summed E-state index contributed by atoms with van der Waals surface area (Å²) in [6.45, 7) is 0. The topological polar surface area (TPSA) is 14.8 Å². The monoisotopic (exact) mass is 658 g/mol. The summed E-state index contributed by atoms with van der Waals surface area (Å²) < 4.78 is 85.5. The van der Waals surface area contributed by atoms with Gasteiger partial charge in [0.25, 0.3) is 0 Å². The lowest BCUT2D eigenvalue weighted by molar-refractivity contribution is 1.13. The Kier molecular flexibility index (Phi) is 4.38. The molecule has 8 aromatic carbocycles. The molecule has 0 N–H and O–H groups in total. The van der Waals surface area contributed by atoms with Crippen molar-refractivity contribution in [3.8, 4) is 28.2 Å². The van der Waals surface area contributed by atoms with Crippen molar-refractivity contribution in [2.24, 2.45) is 0 Å². The first kappa shape index (κ1) is 20.6. The number of rotatable bonds is 4. The second-order valence-corrected chi connectivity index (χ2v) is 12.7. The van der Waals surface area contributed by atoms with Gasteiger partial charge in [-0.3, -0.25) is 0 Å². The largest absolute Gasteiger partial charge is 0.309 e. The van der Waals surface area contributed by atoms with E-state index in [1.807, 2.05) is 48.5 Å². The number of benzene rings is 8. The number of nitrogens with zero attached hydrogens (tertiary/aromatic N) is 3. The molecule has 0 radical (unpaired) electrons. The number of aromatic nitrogens is 3. The van der Waals surface area contributed by atoms with Crippen molar-refractivity contribution < 1.29 is 12.3 Å². The smallest absolute Gasteiger partial charge is 0.0782 e. The maximum absolute atomic E-state index is 9.64. The number of fused-ring (bicyclic) bond motifs is 9. The Morgan fingerprint density at radius 1 is 0.353 bits per heavy atom. The minimum Gasteiger partial charge on any atom is -0.309 e. The molecule has 3 aromatic heterocycles. The minimum atomic E-state index is -0.610. The van der Waals surface area contributed by atoms with Crippen molar-refractivity contribution in [3.05, 3.63) is 188 Å². The fraction of sp³-hybridized carbons (Fsp3) is 0. The molecule has 11 aromatic rings. The molecule has 0 spiro atoms. The third kappa shape index (κ3) is 4.06. The van der Waals surface area contributed by atoms with Gasteiger partial charge in [0.15, 0.2) is 0 Å². The molecule has 0 aliphatic carbocycles. The van der Waals surface area contributed by atoms with E-state index >= 15 is 0 Å². The molecular formula is C48H31N3. The van der Waals surface area contributed by atoms with E-state index in [0.717, 1.165) is 65.8 Å². The first-order valence-corrected chi connectivity index (χ1v) is 16.8. The van der Waals surface area contributed by atoms with Gasteiger partial charge in [0.2, 0.25) is 0 Å². The number of hydrogen-bond donors (Lipinski definition) is 0. The molecule has 0 amide bonds. The summed E-state index contributed by atoms with van der Waals surface area (Å²) in [6, 6.07) is 40.3. The van der Waals surface area contributed by atoms with Gasteiger partial charge in [0.05, 0.1) is 51.1 Å². The molecule has 0 fully saturated rings. The molecule has 3 heterocycles. The zero-order chi connectivity index (χ0) is 41.3. The summed E-state index contributed by atoms with van der Waals surface area (Å²) in [7, 11) is 0. The van der Waals surface area contributed by atoms with Crippen molar-refractivity contribution in [2.75, 3.05) is 0 Å². The highest BCUT2D eigenvalue weighted by atomic mass is 15.1. The van der Waals surface area contributed by atoms with Crippen LogP contribution in [0.3, 0.4) is 0 Å². The molecule has 0 bridgehead atoms. The molecule has 3 nitrogen and oxygen atoms in total. The first-order valence-electron chi connectivity index (χ1n) is 21.3. The standard InChI is InChI=1S/C48H31N3/c1-2-14-32(15-3-1)33-16-12-17-34(30-33)49-42-23-8-4-20-38(42)40-29-28-35(31-47(40)49)50-43-24-9-7-21-39(43)41-22-13-27-46(48(41)50)51-44-25-10-5-18-36(44)37-19-6-11-26-45(37)51/h1-31H/i1D,2D,3D,12D,14D,15D,16D,17D,30D. The second-order valence-electron chi connectivity index (χ2n) is 12.7. The fourth-order valence-corrected chi connectivity index (χ4v) is 7.92. The Balaban J connectivity index is 1.26. The number of para-hydroxylation sites is 5. The van der Waals surface area contributed by atoms with Crippen LogP contribution in [-0.4, -0.2) is 13.7 Å². The highest BCUT2D eigenvalue weighted by Gasteiger charge is 2.21. The van der Waals surface area contributed by atoms with Gasteiger partial charge in [0.1, 0.15) is 0 Å². The van der Waals surface area contributed by atoms with Gasteiger partial charge in [-0.25, -0.2) is 0 Å². The lowest BCUT2D eigenvalue weighted by Crippen LogP contribution is -2.01. The zero-order valence-electron chi connectivity index (χ0n) is 36.0. The van der Waals surface area contributed by atoms with E-state index in [0.29, 0.717) is 11.0 Å². The lowest BCUT2D eigenvalue weighted by atomic mass is 10.1. The highest BCUT2D eigenvalue weighted by molar-refractivity contribution is 6.16. The van der Waals surface area contributed by atoms with Crippen LogP contribution in [-0.2, 0) is 0 Å². The summed E-state index contributed by atoms with van der Waals surface area (Å²) in [5.41, 5.74) is 6.46. The van der Waals surface area contributed by atoms with Crippen LogP contribution in [0.25, 0.3) is 93.6 Å². The highest BCUT2D eigenvalue weighted by Crippen LogP contribution is 2.41. The summed E-state index contributed by atoms with van der Waals surface area (Å²) in [4.78, 5) is 0. The van der Waals surface area contributed by atoms with E-state index < -0.39 is 48.3 Å². The van der Waals surface area contributed by atoms with E-state index in [1.165, 1.54) is 0 Å². The van der Waals surface area contributed by atoms with E-state index in [1.54, 1.807) is 4.57 Å². The summed E-state index contributed by atoms with van der Waals surface area (Å²) in [5.74, 6) is 0. The van der Waals surface area contributed by atoms with E-state index in [9.17, 15) is 2.74 Å². The van der Waals surface area contributed by atoms with Crippen molar-refractivity contribution in [1.29, 1.82) is 0 Å². The van der Waals surface area contributed by atoms with Crippen LogP contribution in [0.4, 0.5) is 0 Å². The van der Waals surface area contributed by atoms with Crippen LogP contribution < -0.4 is 0 Å². The van der Waals surface area contributed by atoms with Gasteiger partial charge in [-0.1, -0.05) is 133 Å². The maximum atomic E-state index is 9.64. The van der Waals surface area contributed by atoms with E-state index in [4.69, 9.17) is 9.60 Å². The predicted molar refractivity (Wildman–Crippen MR) is 215 cm³/mol. The van der Waals surface area contributed by atoms with Gasteiger partial charge in [0, 0.05) is 43.7 Å². The molecule has 238 valence electrons. The predicted octanol–water partition coefficient (Wildman–Crippen LogP) is 12.6. The van der Waals surface area contributed by atoms with Crippen molar-refractivity contribution in [2.45, 2.75) is 0 Å². The Hall–Kier alpha value is -6.84. The molecule has 0 atom stereocenters. The van der Waals surface area contributed by atoms with Crippen LogP contribution in [0.2, 0.25) is 0 Å². The lowest BCUT2D eigenvalue weighted by Gasteiger charge is -2.15. The van der Waals surface area contributed by atoms with Crippen LogP contribution in [0.15, 0.2) is 188 Å². The van der Waals surface area contributed by atoms with Crippen LogP contribution in [0, 0.1) is 0 Å². The SMILES string of the molecule is [2H]c1c([2H])c([2H])c(-c2c([2H])c([2H])c([2H])c(-n3c4ccccc4c4ccc(-n5c6ccccc6c6cccc(-n7c8ccccc8c8ccccc87)c65)cc43)c2[2H])c([2H])c1[2H]. The van der Waals surface area contributed by atoms with Crippen molar-refractivity contribution >= 4 is 65.4 Å². The van der Waals surface area contributed by atoms with Crippen LogP contribution in [0.5, 0.6) is 0 Å². The Bertz CT molecular complexity index is 3590. The average Bonchev–Trinajstić information content (AvgIpc) is 3.91. The van der Waals surface area contributed by atoms with Gasteiger partial charge in [-0.05, 0) is 65.7 Å². The number of hydrogen-bond acceptors (Lipinski definition) is 0. The molecule has 0 unspecified atom stereocenters. The Labute approximate surface area is 307 Å². The normalized spacial score (nSPS) is 14.4. The summed E-state index contributed by atoms with van der Waals surface area (Å²) >= 11 is 0. The summed E-state index contributed by atoms with van der Waals surface area (Å²) in [5, 5.41) is 6.06. The third-order valence-corrected chi connectivity index (χ3v) is 10.00. The molecule has 51 heavy (non-hydrogen) atoms. The molecule has 3 heteroatoms. The first-order chi connectivity index (χ1) is 29.1. The molecule has 0 saturated carbocycles. The molecular weight excluding hydrogens is 619 g/mol. The molecule has 0 aliphatic heterocycles. The van der Waals surface area contributed by atoms with Crippen LogP contribution in [0.1, 0.15) is 12.3 Å². The van der Waals surface area contributed by atoms with Crippen LogP contribution >= 0.6 is 0 Å². The van der Waals surface area contributed by atoms with Crippen molar-refractivity contribution in [3.63, 3.8) is 0 Å². The molecule has 0 saturated heterocycles. The van der Waals surface area contributed by atoms with Gasteiger partial charge in [-0.2, -0.15) is 0 Å². The average molecular weight is 659 g/mol. The Morgan fingerprint density at radius 3 is 1.55 bits per heavy atom. The van der Waals surface area contributed by atoms with E-state index in [2.05, 4.69) is 94.1 Å². The molecule has 0 aliphatic rings. The summed E-state index contributed by atoms with van der Waals surface area (Å²) in [6.07, 6.45) is 0. The molecule has 11 rings (SSSR count).